The minimum Gasteiger partial charge on any atom is -0.478 e. The topological polar surface area (TPSA) is 91.3 Å². The van der Waals surface area contributed by atoms with Gasteiger partial charge < -0.3 is 15.7 Å². The Bertz CT molecular complexity index is 646. The molecule has 0 unspecified atom stereocenters. The molecule has 0 saturated heterocycles. The van der Waals surface area contributed by atoms with Crippen molar-refractivity contribution in [2.24, 2.45) is 0 Å². The zero-order valence-corrected chi connectivity index (χ0v) is 13.2. The van der Waals surface area contributed by atoms with E-state index in [0.29, 0.717) is 23.1 Å². The third kappa shape index (κ3) is 4.54. The van der Waals surface area contributed by atoms with E-state index in [1.54, 1.807) is 11.6 Å². The lowest BCUT2D eigenvalue weighted by Gasteiger charge is -2.09. The number of aromatic nitrogens is 1. The summed E-state index contributed by atoms with van der Waals surface area (Å²) >= 11 is 4.77. The molecule has 2 aromatic rings. The number of halogens is 1. The Kier molecular flexibility index (Phi) is 5.29. The number of urea groups is 1. The summed E-state index contributed by atoms with van der Waals surface area (Å²) in [6.07, 6.45) is 0.646. The average Bonchev–Trinajstić information content (AvgIpc) is 2.94. The molecule has 0 aliphatic heterocycles. The molecule has 2 amide bonds. The third-order valence-corrected chi connectivity index (χ3v) is 3.94. The van der Waals surface area contributed by atoms with E-state index in [2.05, 4.69) is 31.5 Å². The molecule has 1 heterocycles. The van der Waals surface area contributed by atoms with Crippen LogP contribution < -0.4 is 10.6 Å². The molecular weight excluding hydrogens is 358 g/mol. The van der Waals surface area contributed by atoms with Crippen LogP contribution in [-0.2, 0) is 6.42 Å². The van der Waals surface area contributed by atoms with E-state index >= 15 is 0 Å². The van der Waals surface area contributed by atoms with Crippen LogP contribution in [0.3, 0.4) is 0 Å². The standard InChI is InChI=1S/C13H12BrN3O3S/c14-10-2-1-8(12(18)19)5-11(10)17-13(20)15-4-3-9-6-21-7-16-9/h1-2,5-7H,3-4H2,(H,18,19)(H2,15,17,20). The Morgan fingerprint density at radius 3 is 2.86 bits per heavy atom. The van der Waals surface area contributed by atoms with Gasteiger partial charge >= 0.3 is 12.0 Å². The molecular formula is C13H12BrN3O3S. The fraction of sp³-hybridized carbons (Fsp3) is 0.154. The first-order valence-corrected chi connectivity index (χ1v) is 7.74. The number of carbonyl (C=O) groups is 2. The van der Waals surface area contributed by atoms with Gasteiger partial charge in [0, 0.05) is 22.8 Å². The maximum Gasteiger partial charge on any atom is 0.335 e. The first-order chi connectivity index (χ1) is 10.1. The molecule has 3 N–H and O–H groups in total. The van der Waals surface area contributed by atoms with Crippen molar-refractivity contribution in [2.75, 3.05) is 11.9 Å². The van der Waals surface area contributed by atoms with Gasteiger partial charge in [-0.25, -0.2) is 14.6 Å². The van der Waals surface area contributed by atoms with E-state index < -0.39 is 12.0 Å². The lowest BCUT2D eigenvalue weighted by Crippen LogP contribution is -2.30. The van der Waals surface area contributed by atoms with Crippen LogP contribution in [-0.4, -0.2) is 28.6 Å². The zero-order valence-electron chi connectivity index (χ0n) is 10.8. The maximum absolute atomic E-state index is 11.8. The van der Waals surface area contributed by atoms with Gasteiger partial charge in [0.25, 0.3) is 0 Å². The number of nitrogens with zero attached hydrogens (tertiary/aromatic N) is 1. The Morgan fingerprint density at radius 1 is 1.38 bits per heavy atom. The molecule has 8 heteroatoms. The van der Waals surface area contributed by atoms with Crippen molar-refractivity contribution in [3.8, 4) is 0 Å². The van der Waals surface area contributed by atoms with Gasteiger partial charge in [-0.15, -0.1) is 11.3 Å². The molecule has 1 aromatic heterocycles. The molecule has 0 bridgehead atoms. The molecule has 0 fully saturated rings. The SMILES string of the molecule is O=C(NCCc1cscn1)Nc1cc(C(=O)O)ccc1Br. The van der Waals surface area contributed by atoms with Gasteiger partial charge in [-0.2, -0.15) is 0 Å². The van der Waals surface area contributed by atoms with Gasteiger partial charge in [0.2, 0.25) is 0 Å². The normalized spacial score (nSPS) is 10.1. The number of carbonyl (C=O) groups excluding carboxylic acids is 1. The van der Waals surface area contributed by atoms with Crippen molar-refractivity contribution >= 4 is 45.0 Å². The molecule has 21 heavy (non-hydrogen) atoms. The lowest BCUT2D eigenvalue weighted by atomic mass is 10.2. The van der Waals surface area contributed by atoms with Crippen molar-refractivity contribution < 1.29 is 14.7 Å². The fourth-order valence-electron chi connectivity index (χ4n) is 1.59. The number of rotatable bonds is 5. The van der Waals surface area contributed by atoms with Crippen LogP contribution in [0.5, 0.6) is 0 Å². The Morgan fingerprint density at radius 2 is 2.19 bits per heavy atom. The van der Waals surface area contributed by atoms with Gasteiger partial charge in [0.05, 0.1) is 22.5 Å². The van der Waals surface area contributed by atoms with Crippen molar-refractivity contribution in [3.05, 3.63) is 44.8 Å². The van der Waals surface area contributed by atoms with Crippen LogP contribution >= 0.6 is 27.3 Å². The minimum absolute atomic E-state index is 0.107. The van der Waals surface area contributed by atoms with E-state index in [0.717, 1.165) is 5.69 Å². The smallest absolute Gasteiger partial charge is 0.335 e. The largest absolute Gasteiger partial charge is 0.478 e. The Labute approximate surface area is 133 Å². The average molecular weight is 370 g/mol. The van der Waals surface area contributed by atoms with Crippen LogP contribution in [0.4, 0.5) is 10.5 Å². The van der Waals surface area contributed by atoms with E-state index in [1.165, 1.54) is 23.5 Å². The highest BCUT2D eigenvalue weighted by Crippen LogP contribution is 2.23. The summed E-state index contributed by atoms with van der Waals surface area (Å²) in [5, 5.41) is 16.2. The molecule has 110 valence electrons. The predicted molar refractivity (Wildman–Crippen MR) is 83.9 cm³/mol. The van der Waals surface area contributed by atoms with E-state index in [-0.39, 0.29) is 5.56 Å². The number of thiazole rings is 1. The summed E-state index contributed by atoms with van der Waals surface area (Å²) in [5.41, 5.74) is 3.18. The lowest BCUT2D eigenvalue weighted by molar-refractivity contribution is 0.0697. The van der Waals surface area contributed by atoms with Gasteiger partial charge in [-0.3, -0.25) is 0 Å². The summed E-state index contributed by atoms with van der Waals surface area (Å²) in [6.45, 7) is 0.450. The molecule has 0 atom stereocenters. The highest BCUT2D eigenvalue weighted by Gasteiger charge is 2.09. The Hall–Kier alpha value is -1.93. The second kappa shape index (κ2) is 7.19. The Balaban J connectivity index is 1.90. The summed E-state index contributed by atoms with van der Waals surface area (Å²) in [4.78, 5) is 26.8. The number of hydrogen-bond acceptors (Lipinski definition) is 4. The van der Waals surface area contributed by atoms with Gasteiger partial charge in [0.1, 0.15) is 0 Å². The first-order valence-electron chi connectivity index (χ1n) is 6.01. The second-order valence-electron chi connectivity index (χ2n) is 4.11. The molecule has 1 aromatic carbocycles. The number of carboxylic acid groups (broad SMARTS) is 1. The molecule has 0 saturated carbocycles. The monoisotopic (exact) mass is 369 g/mol. The first kappa shape index (κ1) is 15.5. The van der Waals surface area contributed by atoms with Crippen LogP contribution in [0, 0.1) is 0 Å². The second-order valence-corrected chi connectivity index (χ2v) is 5.68. The maximum atomic E-state index is 11.8. The summed E-state index contributed by atoms with van der Waals surface area (Å²) in [5.74, 6) is -1.05. The number of amides is 2. The molecule has 2 rings (SSSR count). The van der Waals surface area contributed by atoms with Crippen molar-refractivity contribution in [3.63, 3.8) is 0 Å². The van der Waals surface area contributed by atoms with Crippen molar-refractivity contribution in [2.45, 2.75) is 6.42 Å². The molecule has 0 spiro atoms. The number of nitrogens with one attached hydrogen (secondary N) is 2. The van der Waals surface area contributed by atoms with Crippen LogP contribution in [0.25, 0.3) is 0 Å². The number of carboxylic acids is 1. The van der Waals surface area contributed by atoms with Gasteiger partial charge in [-0.05, 0) is 34.1 Å². The highest BCUT2D eigenvalue weighted by molar-refractivity contribution is 9.10. The van der Waals surface area contributed by atoms with Crippen molar-refractivity contribution in [1.29, 1.82) is 0 Å². The molecule has 6 nitrogen and oxygen atoms in total. The predicted octanol–water partition coefficient (Wildman–Crippen LogP) is 2.97. The van der Waals surface area contributed by atoms with Crippen molar-refractivity contribution in [1.82, 2.24) is 10.3 Å². The number of aromatic carboxylic acids is 1. The number of hydrogen-bond donors (Lipinski definition) is 3. The molecule has 0 aliphatic carbocycles. The summed E-state index contributed by atoms with van der Waals surface area (Å²) in [6, 6.07) is 4.03. The zero-order chi connectivity index (χ0) is 15.2. The molecule has 0 radical (unpaired) electrons. The van der Waals surface area contributed by atoms with Crippen LogP contribution in [0.15, 0.2) is 33.6 Å². The fourth-order valence-corrected chi connectivity index (χ4v) is 2.52. The molecule has 0 aliphatic rings. The number of anilines is 1. The van der Waals surface area contributed by atoms with Gasteiger partial charge in [0.15, 0.2) is 0 Å². The number of benzene rings is 1. The van der Waals surface area contributed by atoms with Gasteiger partial charge in [-0.1, -0.05) is 0 Å². The van der Waals surface area contributed by atoms with E-state index in [9.17, 15) is 9.59 Å². The summed E-state index contributed by atoms with van der Waals surface area (Å²) in [7, 11) is 0. The van der Waals surface area contributed by atoms with E-state index in [4.69, 9.17) is 5.11 Å². The third-order valence-electron chi connectivity index (χ3n) is 2.61. The van der Waals surface area contributed by atoms with E-state index in [1.807, 2.05) is 5.38 Å². The summed E-state index contributed by atoms with van der Waals surface area (Å²) < 4.78 is 0.613. The van der Waals surface area contributed by atoms with Crippen LogP contribution in [0.1, 0.15) is 16.1 Å². The highest BCUT2D eigenvalue weighted by atomic mass is 79.9. The minimum atomic E-state index is -1.05. The van der Waals surface area contributed by atoms with Crippen LogP contribution in [0.2, 0.25) is 0 Å². The quantitative estimate of drug-likeness (QED) is 0.755.